The second-order valence-electron chi connectivity index (χ2n) is 6.55. The van der Waals surface area contributed by atoms with Crippen molar-refractivity contribution < 1.29 is 14.3 Å². The van der Waals surface area contributed by atoms with Gasteiger partial charge < -0.3 is 20.5 Å². The van der Waals surface area contributed by atoms with Crippen LogP contribution < -0.4 is 11.1 Å². The van der Waals surface area contributed by atoms with Crippen molar-refractivity contribution in [1.82, 2.24) is 4.90 Å². The molecule has 1 unspecified atom stereocenters. The highest BCUT2D eigenvalue weighted by Gasteiger charge is 2.26. The number of hydrogen-bond acceptors (Lipinski definition) is 5. The first-order valence-electron chi connectivity index (χ1n) is 8.75. The number of carbonyl (C=O) groups excluding carboxylic acids is 1. The van der Waals surface area contributed by atoms with Crippen LogP contribution in [0.15, 0.2) is 24.3 Å². The van der Waals surface area contributed by atoms with Crippen molar-refractivity contribution in [2.45, 2.75) is 25.4 Å². The zero-order valence-electron chi connectivity index (χ0n) is 14.9. The van der Waals surface area contributed by atoms with Gasteiger partial charge in [0.25, 0.3) is 0 Å². The fourth-order valence-electron chi connectivity index (χ4n) is 3.23. The summed E-state index contributed by atoms with van der Waals surface area (Å²) in [6.07, 6.45) is 1.71. The van der Waals surface area contributed by atoms with Crippen LogP contribution >= 0.6 is 24.8 Å². The fourth-order valence-corrected chi connectivity index (χ4v) is 3.23. The van der Waals surface area contributed by atoms with Crippen LogP contribution in [0.5, 0.6) is 0 Å². The average Bonchev–Trinajstić information content (AvgIpc) is 2.64. The van der Waals surface area contributed by atoms with Crippen LogP contribution in [0.1, 0.15) is 18.4 Å². The highest BCUT2D eigenvalue weighted by atomic mass is 35.5. The first-order chi connectivity index (χ1) is 11.7. The van der Waals surface area contributed by atoms with Crippen molar-refractivity contribution in [2.24, 2.45) is 11.7 Å². The summed E-state index contributed by atoms with van der Waals surface area (Å²) in [6.45, 7) is 5.86. The van der Waals surface area contributed by atoms with Gasteiger partial charge in [0.1, 0.15) is 0 Å². The molecule has 1 aromatic rings. The first-order valence-corrected chi connectivity index (χ1v) is 8.75. The van der Waals surface area contributed by atoms with Gasteiger partial charge in [-0.05, 0) is 36.5 Å². The normalized spacial score (nSPS) is 19.7. The van der Waals surface area contributed by atoms with Crippen LogP contribution in [0.2, 0.25) is 0 Å². The zero-order chi connectivity index (χ0) is 16.8. The van der Waals surface area contributed by atoms with Crippen LogP contribution in [-0.4, -0.2) is 56.4 Å². The Kier molecular flexibility index (Phi) is 10.5. The number of ether oxygens (including phenoxy) is 2. The molecule has 1 amide bonds. The number of hydrogen-bond donors (Lipinski definition) is 2. The monoisotopic (exact) mass is 405 g/mol. The highest BCUT2D eigenvalue weighted by Crippen LogP contribution is 2.19. The Hall–Kier alpha value is -0.890. The summed E-state index contributed by atoms with van der Waals surface area (Å²) in [5.74, 6) is 0.0992. The summed E-state index contributed by atoms with van der Waals surface area (Å²) in [7, 11) is 0. The quantitative estimate of drug-likeness (QED) is 0.783. The SMILES string of the molecule is Cl.Cl.NC(C(=O)Nc1ccc(CN2CCOCC2)cc1)C1CCOCC1. The van der Waals surface area contributed by atoms with E-state index in [-0.39, 0.29) is 36.6 Å². The number of benzene rings is 1. The summed E-state index contributed by atoms with van der Waals surface area (Å²) in [6, 6.07) is 7.55. The largest absolute Gasteiger partial charge is 0.381 e. The number of nitrogens with zero attached hydrogens (tertiary/aromatic N) is 1. The second-order valence-corrected chi connectivity index (χ2v) is 6.55. The van der Waals surface area contributed by atoms with Gasteiger partial charge in [0.2, 0.25) is 5.91 Å². The van der Waals surface area contributed by atoms with Gasteiger partial charge in [-0.1, -0.05) is 12.1 Å². The number of anilines is 1. The van der Waals surface area contributed by atoms with Crippen LogP contribution in [0, 0.1) is 5.92 Å². The lowest BCUT2D eigenvalue weighted by molar-refractivity contribution is -0.119. The van der Waals surface area contributed by atoms with Gasteiger partial charge in [0.05, 0.1) is 19.3 Å². The predicted octanol–water partition coefficient (Wildman–Crippen LogP) is 2.05. The van der Waals surface area contributed by atoms with E-state index in [1.54, 1.807) is 0 Å². The molecule has 2 heterocycles. The molecule has 0 bridgehead atoms. The summed E-state index contributed by atoms with van der Waals surface area (Å²) in [4.78, 5) is 14.7. The van der Waals surface area contributed by atoms with Crippen LogP contribution in [0.25, 0.3) is 0 Å². The van der Waals surface area contributed by atoms with Gasteiger partial charge in [-0.15, -0.1) is 24.8 Å². The molecule has 2 aliphatic rings. The van der Waals surface area contributed by atoms with E-state index in [1.165, 1.54) is 5.56 Å². The molecular formula is C18H29Cl2N3O3. The third kappa shape index (κ3) is 6.68. The number of nitrogens with one attached hydrogen (secondary N) is 1. The van der Waals surface area contributed by atoms with E-state index in [2.05, 4.69) is 22.3 Å². The number of rotatable bonds is 5. The second kappa shape index (κ2) is 11.7. The molecule has 8 heteroatoms. The minimum Gasteiger partial charge on any atom is -0.381 e. The van der Waals surface area contributed by atoms with E-state index >= 15 is 0 Å². The number of nitrogens with two attached hydrogens (primary N) is 1. The minimum absolute atomic E-state index is 0. The van der Waals surface area contributed by atoms with Crippen LogP contribution in [-0.2, 0) is 20.8 Å². The third-order valence-corrected chi connectivity index (χ3v) is 4.81. The molecule has 0 saturated carbocycles. The molecule has 3 N–H and O–H groups in total. The molecule has 0 aromatic heterocycles. The van der Waals surface area contributed by atoms with Gasteiger partial charge in [-0.25, -0.2) is 0 Å². The summed E-state index contributed by atoms with van der Waals surface area (Å²) in [5, 5.41) is 2.93. The van der Waals surface area contributed by atoms with Crippen molar-refractivity contribution in [1.29, 1.82) is 0 Å². The lowest BCUT2D eigenvalue weighted by Crippen LogP contribution is -2.44. The molecule has 2 saturated heterocycles. The first kappa shape index (κ1) is 23.1. The molecule has 0 spiro atoms. The molecule has 0 aliphatic carbocycles. The highest BCUT2D eigenvalue weighted by molar-refractivity contribution is 5.94. The summed E-state index contributed by atoms with van der Waals surface area (Å²) < 4.78 is 10.7. The predicted molar refractivity (Wildman–Crippen MR) is 107 cm³/mol. The lowest BCUT2D eigenvalue weighted by atomic mass is 9.92. The Morgan fingerprint density at radius 2 is 1.65 bits per heavy atom. The number of carbonyl (C=O) groups is 1. The Morgan fingerprint density at radius 1 is 1.08 bits per heavy atom. The Morgan fingerprint density at radius 3 is 2.27 bits per heavy atom. The number of halogens is 2. The maximum Gasteiger partial charge on any atom is 0.241 e. The van der Waals surface area contributed by atoms with Crippen molar-refractivity contribution in [3.8, 4) is 0 Å². The molecule has 2 fully saturated rings. The van der Waals surface area contributed by atoms with Gasteiger partial charge in [-0.3, -0.25) is 9.69 Å². The van der Waals surface area contributed by atoms with E-state index in [1.807, 2.05) is 12.1 Å². The average molecular weight is 406 g/mol. The van der Waals surface area contributed by atoms with E-state index in [9.17, 15) is 4.79 Å². The van der Waals surface area contributed by atoms with E-state index in [0.29, 0.717) is 13.2 Å². The molecular weight excluding hydrogens is 377 g/mol. The van der Waals surface area contributed by atoms with Gasteiger partial charge in [0, 0.05) is 38.5 Å². The van der Waals surface area contributed by atoms with Crippen molar-refractivity contribution >= 4 is 36.4 Å². The molecule has 148 valence electrons. The lowest BCUT2D eigenvalue weighted by Gasteiger charge is -2.27. The Bertz CT molecular complexity index is 533. The van der Waals surface area contributed by atoms with Crippen molar-refractivity contribution in [3.05, 3.63) is 29.8 Å². The molecule has 1 atom stereocenters. The third-order valence-electron chi connectivity index (χ3n) is 4.81. The molecule has 0 radical (unpaired) electrons. The minimum atomic E-state index is -0.470. The van der Waals surface area contributed by atoms with Crippen molar-refractivity contribution in [2.75, 3.05) is 44.8 Å². The Labute approximate surface area is 167 Å². The number of morpholine rings is 1. The van der Waals surface area contributed by atoms with Gasteiger partial charge in [-0.2, -0.15) is 0 Å². The van der Waals surface area contributed by atoms with E-state index in [0.717, 1.165) is 51.4 Å². The zero-order valence-corrected chi connectivity index (χ0v) is 16.5. The van der Waals surface area contributed by atoms with Gasteiger partial charge in [0.15, 0.2) is 0 Å². The van der Waals surface area contributed by atoms with Crippen LogP contribution in [0.3, 0.4) is 0 Å². The molecule has 2 aliphatic heterocycles. The maximum atomic E-state index is 12.3. The molecule has 26 heavy (non-hydrogen) atoms. The van der Waals surface area contributed by atoms with Crippen LogP contribution in [0.4, 0.5) is 5.69 Å². The van der Waals surface area contributed by atoms with Gasteiger partial charge >= 0.3 is 0 Å². The van der Waals surface area contributed by atoms with E-state index in [4.69, 9.17) is 15.2 Å². The molecule has 1 aromatic carbocycles. The fraction of sp³-hybridized carbons (Fsp3) is 0.611. The van der Waals surface area contributed by atoms with Crippen molar-refractivity contribution in [3.63, 3.8) is 0 Å². The number of amides is 1. The van der Waals surface area contributed by atoms with E-state index < -0.39 is 6.04 Å². The summed E-state index contributed by atoms with van der Waals surface area (Å²) in [5.41, 5.74) is 8.15. The Balaban J connectivity index is 0.00000169. The topological polar surface area (TPSA) is 76.8 Å². The standard InChI is InChI=1S/C18H27N3O3.2ClH/c19-17(15-5-9-23-10-6-15)18(22)20-16-3-1-14(2-4-16)13-21-7-11-24-12-8-21;;/h1-4,15,17H,5-13,19H2,(H,20,22);2*1H. The smallest absolute Gasteiger partial charge is 0.241 e. The maximum absolute atomic E-state index is 12.3. The summed E-state index contributed by atoms with van der Waals surface area (Å²) >= 11 is 0. The molecule has 3 rings (SSSR count). The molecule has 6 nitrogen and oxygen atoms in total.